The second-order valence-corrected chi connectivity index (χ2v) is 6.04. The molecule has 1 aliphatic carbocycles. The van der Waals surface area contributed by atoms with Gasteiger partial charge in [-0.15, -0.1) is 0 Å². The summed E-state index contributed by atoms with van der Waals surface area (Å²) in [6, 6.07) is 1.75. The van der Waals surface area contributed by atoms with Gasteiger partial charge in [-0.05, 0) is 37.8 Å². The van der Waals surface area contributed by atoms with Crippen LogP contribution in [0.1, 0.15) is 25.7 Å². The van der Waals surface area contributed by atoms with Crippen LogP contribution in [0.15, 0.2) is 12.1 Å². The van der Waals surface area contributed by atoms with Crippen LogP contribution in [0.3, 0.4) is 0 Å². The van der Waals surface area contributed by atoms with Crippen LogP contribution in [0.25, 0.3) is 0 Å². The van der Waals surface area contributed by atoms with E-state index in [1.54, 1.807) is 7.11 Å². The molecule has 1 fully saturated rings. The zero-order chi connectivity index (χ0) is 18.4. The van der Waals surface area contributed by atoms with Crippen molar-refractivity contribution in [3.8, 4) is 0 Å². The Labute approximate surface area is 143 Å². The van der Waals surface area contributed by atoms with E-state index in [1.165, 1.54) is 0 Å². The van der Waals surface area contributed by atoms with Gasteiger partial charge in [0.25, 0.3) is 0 Å². The molecule has 0 aromatic heterocycles. The van der Waals surface area contributed by atoms with Gasteiger partial charge in [0.2, 0.25) is 11.8 Å². The summed E-state index contributed by atoms with van der Waals surface area (Å²) in [6.45, 7) is 0.869. The molecule has 2 amide bonds. The van der Waals surface area contributed by atoms with Crippen molar-refractivity contribution in [1.29, 1.82) is 0 Å². The Morgan fingerprint density at radius 2 is 1.64 bits per heavy atom. The van der Waals surface area contributed by atoms with Crippen molar-refractivity contribution in [2.24, 2.45) is 11.8 Å². The molecule has 0 atom stereocenters. The molecule has 0 radical (unpaired) electrons. The molecule has 1 saturated carbocycles. The van der Waals surface area contributed by atoms with Gasteiger partial charge in [0, 0.05) is 25.5 Å². The fourth-order valence-corrected chi connectivity index (χ4v) is 2.90. The number of hydrogen-bond acceptors (Lipinski definition) is 3. The molecule has 25 heavy (non-hydrogen) atoms. The number of carbonyl (C=O) groups excluding carboxylic acids is 2. The fraction of sp³-hybridized carbons (Fsp3) is 0.529. The topological polar surface area (TPSA) is 67.4 Å². The first-order chi connectivity index (χ1) is 11.9. The first-order valence-electron chi connectivity index (χ1n) is 8.15. The maximum atomic E-state index is 13.6. The standard InChI is InChI=1S/C17H21F3N2O3/c1-25-9-8-21-16(23)10-2-4-11(5-3-10)17(24)22-13-7-6-12(18)14(19)15(13)20/h6-7,10-11H,2-5,8-9H2,1H3,(H,21,23)(H,22,24). The molecule has 8 heteroatoms. The van der Waals surface area contributed by atoms with Crippen LogP contribution in [-0.2, 0) is 14.3 Å². The summed E-state index contributed by atoms with van der Waals surface area (Å²) >= 11 is 0. The van der Waals surface area contributed by atoms with E-state index in [0.717, 1.165) is 12.1 Å². The van der Waals surface area contributed by atoms with Gasteiger partial charge in [-0.25, -0.2) is 13.2 Å². The second kappa shape index (κ2) is 8.84. The zero-order valence-electron chi connectivity index (χ0n) is 13.9. The summed E-state index contributed by atoms with van der Waals surface area (Å²) in [5, 5.41) is 5.06. The quantitative estimate of drug-likeness (QED) is 0.607. The maximum Gasteiger partial charge on any atom is 0.227 e. The summed E-state index contributed by atoms with van der Waals surface area (Å²) in [7, 11) is 1.55. The number of benzene rings is 1. The summed E-state index contributed by atoms with van der Waals surface area (Å²) in [5.74, 6) is -5.42. The molecular weight excluding hydrogens is 337 g/mol. The summed E-state index contributed by atoms with van der Waals surface area (Å²) in [4.78, 5) is 24.2. The Bertz CT molecular complexity index is 632. The van der Waals surface area contributed by atoms with Gasteiger partial charge in [-0.3, -0.25) is 9.59 Å². The average Bonchev–Trinajstić information content (AvgIpc) is 2.62. The van der Waals surface area contributed by atoms with Crippen LogP contribution in [0, 0.1) is 29.3 Å². The smallest absolute Gasteiger partial charge is 0.227 e. The van der Waals surface area contributed by atoms with Gasteiger partial charge in [-0.2, -0.15) is 0 Å². The van der Waals surface area contributed by atoms with Gasteiger partial charge >= 0.3 is 0 Å². The van der Waals surface area contributed by atoms with Crippen molar-refractivity contribution in [2.75, 3.05) is 25.6 Å². The molecule has 2 N–H and O–H groups in total. The van der Waals surface area contributed by atoms with Crippen LogP contribution >= 0.6 is 0 Å². The van der Waals surface area contributed by atoms with E-state index in [1.807, 2.05) is 0 Å². The van der Waals surface area contributed by atoms with E-state index in [9.17, 15) is 22.8 Å². The van der Waals surface area contributed by atoms with Gasteiger partial charge < -0.3 is 15.4 Å². The Morgan fingerprint density at radius 3 is 2.24 bits per heavy atom. The fourth-order valence-electron chi connectivity index (χ4n) is 2.90. The number of ether oxygens (including phenoxy) is 1. The molecule has 0 spiro atoms. The first kappa shape index (κ1) is 19.2. The summed E-state index contributed by atoms with van der Waals surface area (Å²) in [6.07, 6.45) is 2.02. The number of carbonyl (C=O) groups is 2. The molecule has 0 aliphatic heterocycles. The zero-order valence-corrected chi connectivity index (χ0v) is 13.9. The van der Waals surface area contributed by atoms with Crippen LogP contribution in [0.2, 0.25) is 0 Å². The first-order valence-corrected chi connectivity index (χ1v) is 8.15. The Kier molecular flexibility index (Phi) is 6.81. The van der Waals surface area contributed by atoms with Crippen molar-refractivity contribution in [3.05, 3.63) is 29.6 Å². The molecular formula is C17H21F3N2O3. The molecule has 0 unspecified atom stereocenters. The minimum atomic E-state index is -1.62. The molecule has 1 aromatic rings. The van der Waals surface area contributed by atoms with Crippen LogP contribution in [0.4, 0.5) is 18.9 Å². The lowest BCUT2D eigenvalue weighted by Gasteiger charge is -2.27. The minimum Gasteiger partial charge on any atom is -0.383 e. The summed E-state index contributed by atoms with van der Waals surface area (Å²) in [5.41, 5.74) is -0.386. The van der Waals surface area contributed by atoms with Crippen LogP contribution in [0.5, 0.6) is 0 Å². The molecule has 5 nitrogen and oxygen atoms in total. The molecule has 138 valence electrons. The van der Waals surface area contributed by atoms with E-state index in [4.69, 9.17) is 4.74 Å². The van der Waals surface area contributed by atoms with E-state index in [0.29, 0.717) is 38.8 Å². The van der Waals surface area contributed by atoms with E-state index >= 15 is 0 Å². The highest BCUT2D eigenvalue weighted by Crippen LogP contribution is 2.30. The lowest BCUT2D eigenvalue weighted by atomic mass is 9.81. The lowest BCUT2D eigenvalue weighted by molar-refractivity contribution is -0.128. The van der Waals surface area contributed by atoms with Crippen molar-refractivity contribution in [1.82, 2.24) is 5.32 Å². The molecule has 1 aliphatic rings. The van der Waals surface area contributed by atoms with E-state index < -0.39 is 29.3 Å². The molecule has 2 rings (SSSR count). The van der Waals surface area contributed by atoms with E-state index in [2.05, 4.69) is 10.6 Å². The minimum absolute atomic E-state index is 0.0671. The average molecular weight is 358 g/mol. The second-order valence-electron chi connectivity index (χ2n) is 6.04. The SMILES string of the molecule is COCCNC(=O)C1CCC(C(=O)Nc2ccc(F)c(F)c2F)CC1. The number of methoxy groups -OCH3 is 1. The largest absolute Gasteiger partial charge is 0.383 e. The van der Waals surface area contributed by atoms with Gasteiger partial charge in [0.15, 0.2) is 17.5 Å². The number of amides is 2. The van der Waals surface area contributed by atoms with Gasteiger partial charge in [0.05, 0.1) is 12.3 Å². The Hall–Kier alpha value is -2.09. The highest BCUT2D eigenvalue weighted by atomic mass is 19.2. The highest BCUT2D eigenvalue weighted by Gasteiger charge is 2.30. The van der Waals surface area contributed by atoms with Crippen LogP contribution in [-0.4, -0.2) is 32.1 Å². The van der Waals surface area contributed by atoms with Crippen molar-refractivity contribution >= 4 is 17.5 Å². The van der Waals surface area contributed by atoms with E-state index in [-0.39, 0.29) is 17.5 Å². The monoisotopic (exact) mass is 358 g/mol. The predicted octanol–water partition coefficient (Wildman–Crippen LogP) is 2.61. The van der Waals surface area contributed by atoms with Gasteiger partial charge in [-0.1, -0.05) is 0 Å². The lowest BCUT2D eigenvalue weighted by Crippen LogP contribution is -2.36. The number of nitrogens with one attached hydrogen (secondary N) is 2. The van der Waals surface area contributed by atoms with Crippen LogP contribution < -0.4 is 10.6 Å². The molecule has 0 bridgehead atoms. The van der Waals surface area contributed by atoms with Crippen molar-refractivity contribution < 1.29 is 27.5 Å². The number of rotatable bonds is 6. The summed E-state index contributed by atoms with van der Waals surface area (Å²) < 4.78 is 44.6. The highest BCUT2D eigenvalue weighted by molar-refractivity contribution is 5.93. The Morgan fingerprint density at radius 1 is 1.04 bits per heavy atom. The molecule has 0 saturated heterocycles. The molecule has 1 aromatic carbocycles. The third-order valence-corrected chi connectivity index (χ3v) is 4.37. The van der Waals surface area contributed by atoms with Gasteiger partial charge in [0.1, 0.15) is 0 Å². The number of halogens is 3. The van der Waals surface area contributed by atoms with Crippen molar-refractivity contribution in [2.45, 2.75) is 25.7 Å². The normalized spacial score (nSPS) is 20.2. The third kappa shape index (κ3) is 4.94. The maximum absolute atomic E-state index is 13.6. The van der Waals surface area contributed by atoms with Crippen molar-refractivity contribution in [3.63, 3.8) is 0 Å². The number of anilines is 1. The number of hydrogen-bond donors (Lipinski definition) is 2. The Balaban J connectivity index is 1.85. The molecule has 0 heterocycles. The predicted molar refractivity (Wildman–Crippen MR) is 85.3 cm³/mol. The third-order valence-electron chi connectivity index (χ3n) is 4.37.